The molecule has 1 rings (SSSR count). The monoisotopic (exact) mass is 242 g/mol. The number of carbonyl (C=O) groups is 2. The fourth-order valence-electron chi connectivity index (χ4n) is 2.13. The van der Waals surface area contributed by atoms with Crippen LogP contribution in [0.3, 0.4) is 0 Å². The van der Waals surface area contributed by atoms with Gasteiger partial charge in [-0.2, -0.15) is 0 Å². The Hall–Kier alpha value is -1.14. The fraction of sp³-hybridized carbons (Fsp3) is 0.818. The summed E-state index contributed by atoms with van der Waals surface area (Å²) in [6, 6.07) is -0.825. The summed E-state index contributed by atoms with van der Waals surface area (Å²) in [4.78, 5) is 24.4. The molecule has 1 fully saturated rings. The number of hydrogen-bond acceptors (Lipinski definition) is 4. The van der Waals surface area contributed by atoms with Crippen LogP contribution in [0, 0.1) is 5.92 Å². The Bertz CT molecular complexity index is 283. The van der Waals surface area contributed by atoms with Crippen molar-refractivity contribution in [3.05, 3.63) is 0 Å². The number of primary amides is 1. The van der Waals surface area contributed by atoms with Gasteiger partial charge in [0, 0.05) is 13.1 Å². The fourth-order valence-corrected chi connectivity index (χ4v) is 2.13. The number of likely N-dealkylation sites (tertiary alicyclic amines) is 1. The molecule has 1 aliphatic heterocycles. The molecule has 2 amide bonds. The van der Waals surface area contributed by atoms with Crippen molar-refractivity contribution in [2.45, 2.75) is 25.3 Å². The van der Waals surface area contributed by atoms with E-state index in [0.717, 1.165) is 25.9 Å². The van der Waals surface area contributed by atoms with Crippen molar-refractivity contribution in [1.29, 1.82) is 0 Å². The largest absolute Gasteiger partial charge is 0.370 e. The van der Waals surface area contributed by atoms with Crippen LogP contribution < -0.4 is 16.8 Å². The normalized spacial score (nSPS) is 23.1. The number of nitrogens with one attached hydrogen (secondary N) is 1. The van der Waals surface area contributed by atoms with Crippen LogP contribution in [0.4, 0.5) is 0 Å². The van der Waals surface area contributed by atoms with Gasteiger partial charge >= 0.3 is 0 Å². The molecule has 1 saturated heterocycles. The van der Waals surface area contributed by atoms with E-state index in [0.29, 0.717) is 12.5 Å². The van der Waals surface area contributed by atoms with Gasteiger partial charge in [-0.1, -0.05) is 0 Å². The first-order valence-corrected chi connectivity index (χ1v) is 5.99. The van der Waals surface area contributed by atoms with Gasteiger partial charge in [-0.05, 0) is 32.4 Å². The van der Waals surface area contributed by atoms with Crippen LogP contribution >= 0.6 is 0 Å². The van der Waals surface area contributed by atoms with E-state index in [-0.39, 0.29) is 12.3 Å². The topological polar surface area (TPSA) is 101 Å². The highest BCUT2D eigenvalue weighted by Crippen LogP contribution is 2.13. The van der Waals surface area contributed by atoms with E-state index in [2.05, 4.69) is 17.3 Å². The summed E-state index contributed by atoms with van der Waals surface area (Å²) in [6.07, 6.45) is 2.18. The molecule has 17 heavy (non-hydrogen) atoms. The summed E-state index contributed by atoms with van der Waals surface area (Å²) >= 11 is 0. The summed E-state index contributed by atoms with van der Waals surface area (Å²) in [5.74, 6) is -0.374. The molecule has 2 atom stereocenters. The summed E-state index contributed by atoms with van der Waals surface area (Å²) < 4.78 is 0. The number of rotatable bonds is 5. The van der Waals surface area contributed by atoms with Crippen molar-refractivity contribution in [2.75, 3.05) is 26.7 Å². The van der Waals surface area contributed by atoms with Crippen molar-refractivity contribution >= 4 is 11.8 Å². The van der Waals surface area contributed by atoms with E-state index >= 15 is 0 Å². The zero-order chi connectivity index (χ0) is 12.8. The van der Waals surface area contributed by atoms with Crippen molar-refractivity contribution < 1.29 is 9.59 Å². The van der Waals surface area contributed by atoms with Crippen LogP contribution in [0.1, 0.15) is 19.3 Å². The first-order chi connectivity index (χ1) is 7.99. The summed E-state index contributed by atoms with van der Waals surface area (Å²) in [7, 11) is 2.08. The van der Waals surface area contributed by atoms with Crippen LogP contribution in [0.5, 0.6) is 0 Å². The number of nitrogens with zero attached hydrogens (tertiary/aromatic N) is 1. The summed E-state index contributed by atoms with van der Waals surface area (Å²) in [5.41, 5.74) is 10.5. The van der Waals surface area contributed by atoms with Crippen molar-refractivity contribution in [2.24, 2.45) is 17.4 Å². The minimum absolute atomic E-state index is 0.101. The molecule has 0 aromatic rings. The van der Waals surface area contributed by atoms with Gasteiger partial charge in [0.15, 0.2) is 0 Å². The molecule has 0 saturated carbocycles. The molecule has 0 aromatic heterocycles. The Balaban J connectivity index is 2.25. The molecule has 1 aliphatic rings. The minimum atomic E-state index is -0.825. The molecule has 0 spiro atoms. The first kappa shape index (κ1) is 13.9. The second kappa shape index (κ2) is 6.56. The predicted molar refractivity (Wildman–Crippen MR) is 65.0 cm³/mol. The lowest BCUT2D eigenvalue weighted by atomic mass is 9.98. The average molecular weight is 242 g/mol. The summed E-state index contributed by atoms with van der Waals surface area (Å²) in [5, 5.41) is 2.78. The molecule has 1 heterocycles. The Morgan fingerprint density at radius 1 is 1.53 bits per heavy atom. The SMILES string of the molecule is CN1CCCC(CNC(=O)C(N)CC(N)=O)C1. The molecule has 0 radical (unpaired) electrons. The molecule has 6 nitrogen and oxygen atoms in total. The molecule has 6 heteroatoms. The van der Waals surface area contributed by atoms with E-state index in [4.69, 9.17) is 11.5 Å². The van der Waals surface area contributed by atoms with Crippen molar-refractivity contribution in [3.8, 4) is 0 Å². The molecular weight excluding hydrogens is 220 g/mol. The van der Waals surface area contributed by atoms with E-state index in [9.17, 15) is 9.59 Å². The number of amides is 2. The number of nitrogens with two attached hydrogens (primary N) is 2. The lowest BCUT2D eigenvalue weighted by molar-refractivity contribution is -0.126. The predicted octanol–water partition coefficient (Wildman–Crippen LogP) is -1.35. The van der Waals surface area contributed by atoms with Crippen LogP contribution in [-0.4, -0.2) is 49.4 Å². The number of piperidine rings is 1. The maximum Gasteiger partial charge on any atom is 0.237 e. The molecule has 2 unspecified atom stereocenters. The molecule has 98 valence electrons. The molecular formula is C11H22N4O2. The highest BCUT2D eigenvalue weighted by atomic mass is 16.2. The Labute approximate surface area is 102 Å². The van der Waals surface area contributed by atoms with Gasteiger partial charge in [-0.25, -0.2) is 0 Å². The molecule has 0 aliphatic carbocycles. The Morgan fingerprint density at radius 3 is 2.82 bits per heavy atom. The number of carbonyl (C=O) groups excluding carboxylic acids is 2. The summed E-state index contributed by atoms with van der Waals surface area (Å²) in [6.45, 7) is 2.73. The highest BCUT2D eigenvalue weighted by Gasteiger charge is 2.20. The van der Waals surface area contributed by atoms with Gasteiger partial charge in [0.05, 0.1) is 12.5 Å². The molecule has 0 bridgehead atoms. The third-order valence-electron chi connectivity index (χ3n) is 3.04. The maximum absolute atomic E-state index is 11.5. The minimum Gasteiger partial charge on any atom is -0.370 e. The Kier molecular flexibility index (Phi) is 5.37. The van der Waals surface area contributed by atoms with E-state index in [1.54, 1.807) is 0 Å². The third-order valence-corrected chi connectivity index (χ3v) is 3.04. The molecule has 5 N–H and O–H groups in total. The van der Waals surface area contributed by atoms with Gasteiger partial charge in [-0.15, -0.1) is 0 Å². The highest BCUT2D eigenvalue weighted by molar-refractivity contribution is 5.87. The van der Waals surface area contributed by atoms with Crippen LogP contribution in [0.2, 0.25) is 0 Å². The first-order valence-electron chi connectivity index (χ1n) is 5.99. The van der Waals surface area contributed by atoms with Crippen molar-refractivity contribution in [1.82, 2.24) is 10.2 Å². The van der Waals surface area contributed by atoms with Crippen LogP contribution in [0.25, 0.3) is 0 Å². The lowest BCUT2D eigenvalue weighted by Gasteiger charge is -2.29. The van der Waals surface area contributed by atoms with Gasteiger partial charge in [0.1, 0.15) is 0 Å². The average Bonchev–Trinajstić information content (AvgIpc) is 2.25. The Morgan fingerprint density at radius 2 is 2.24 bits per heavy atom. The maximum atomic E-state index is 11.5. The lowest BCUT2D eigenvalue weighted by Crippen LogP contribution is -2.46. The van der Waals surface area contributed by atoms with Crippen molar-refractivity contribution in [3.63, 3.8) is 0 Å². The molecule has 0 aromatic carbocycles. The van der Waals surface area contributed by atoms with Gasteiger partial charge in [0.25, 0.3) is 0 Å². The third kappa shape index (κ3) is 5.14. The van der Waals surface area contributed by atoms with Gasteiger partial charge < -0.3 is 21.7 Å². The number of hydrogen-bond donors (Lipinski definition) is 3. The van der Waals surface area contributed by atoms with Gasteiger partial charge in [-0.3, -0.25) is 9.59 Å². The second-order valence-electron chi connectivity index (χ2n) is 4.79. The zero-order valence-electron chi connectivity index (χ0n) is 10.3. The van der Waals surface area contributed by atoms with E-state index < -0.39 is 11.9 Å². The smallest absolute Gasteiger partial charge is 0.237 e. The quantitative estimate of drug-likeness (QED) is 0.554. The van der Waals surface area contributed by atoms with Crippen LogP contribution in [-0.2, 0) is 9.59 Å². The van der Waals surface area contributed by atoms with Crippen LogP contribution in [0.15, 0.2) is 0 Å². The second-order valence-corrected chi connectivity index (χ2v) is 4.79. The van der Waals surface area contributed by atoms with E-state index in [1.165, 1.54) is 0 Å². The van der Waals surface area contributed by atoms with E-state index in [1.807, 2.05) is 0 Å². The zero-order valence-corrected chi connectivity index (χ0v) is 10.3. The standard InChI is InChI=1S/C11H22N4O2/c1-15-4-2-3-8(7-15)6-14-11(17)9(12)5-10(13)16/h8-9H,2-7,12H2,1H3,(H2,13,16)(H,14,17). The van der Waals surface area contributed by atoms with Gasteiger partial charge in [0.2, 0.25) is 11.8 Å².